The maximum Gasteiger partial charge on any atom is 0.224 e. The number of hydrogen-bond acceptors (Lipinski definition) is 2. The van der Waals surface area contributed by atoms with Crippen molar-refractivity contribution < 1.29 is 4.79 Å². The van der Waals surface area contributed by atoms with E-state index in [-0.39, 0.29) is 11.9 Å². The monoisotopic (exact) mass is 248 g/mol. The van der Waals surface area contributed by atoms with Crippen LogP contribution in [-0.2, 0) is 11.3 Å². The number of nitrogens with zero attached hydrogens (tertiary/aromatic N) is 1. The van der Waals surface area contributed by atoms with E-state index >= 15 is 0 Å². The molecule has 0 saturated carbocycles. The number of amides is 1. The van der Waals surface area contributed by atoms with Gasteiger partial charge in [0.05, 0.1) is 0 Å². The Kier molecular flexibility index (Phi) is 5.86. The molecule has 0 spiro atoms. The van der Waals surface area contributed by atoms with Crippen molar-refractivity contribution in [2.45, 2.75) is 46.2 Å². The third-order valence-electron chi connectivity index (χ3n) is 3.27. The molecule has 100 valence electrons. The summed E-state index contributed by atoms with van der Waals surface area (Å²) in [6, 6.07) is 8.58. The van der Waals surface area contributed by atoms with Crippen LogP contribution in [0, 0.1) is 6.92 Å². The van der Waals surface area contributed by atoms with Gasteiger partial charge in [0.2, 0.25) is 5.91 Å². The van der Waals surface area contributed by atoms with Crippen LogP contribution in [0.1, 0.15) is 37.8 Å². The quantitative estimate of drug-likeness (QED) is 0.840. The second-order valence-corrected chi connectivity index (χ2v) is 4.80. The van der Waals surface area contributed by atoms with Gasteiger partial charge in [0, 0.05) is 25.6 Å². The number of hydrogen-bond donors (Lipinski definition) is 1. The predicted octanol–water partition coefficient (Wildman–Crippen LogP) is 2.47. The minimum atomic E-state index is 0.146. The minimum absolute atomic E-state index is 0.146. The molecule has 1 aromatic carbocycles. The van der Waals surface area contributed by atoms with Crippen molar-refractivity contribution in [2.24, 2.45) is 5.73 Å². The van der Waals surface area contributed by atoms with E-state index in [1.807, 2.05) is 4.90 Å². The molecule has 0 radical (unpaired) electrons. The normalized spacial score (nSPS) is 12.2. The first-order valence-electron chi connectivity index (χ1n) is 6.63. The van der Waals surface area contributed by atoms with Gasteiger partial charge in [-0.2, -0.15) is 0 Å². The average Bonchev–Trinajstić information content (AvgIpc) is 2.37. The molecule has 18 heavy (non-hydrogen) atoms. The maximum absolute atomic E-state index is 12.1. The van der Waals surface area contributed by atoms with Crippen molar-refractivity contribution in [2.75, 3.05) is 6.54 Å². The molecule has 0 aliphatic carbocycles. The highest BCUT2D eigenvalue weighted by Gasteiger charge is 2.18. The highest BCUT2D eigenvalue weighted by Crippen LogP contribution is 2.13. The molecule has 1 atom stereocenters. The summed E-state index contributed by atoms with van der Waals surface area (Å²) in [6.07, 6.45) is 1.39. The van der Waals surface area contributed by atoms with Gasteiger partial charge in [-0.3, -0.25) is 4.79 Å². The fourth-order valence-corrected chi connectivity index (χ4v) is 1.87. The molecule has 0 bridgehead atoms. The summed E-state index contributed by atoms with van der Waals surface area (Å²) < 4.78 is 0. The van der Waals surface area contributed by atoms with Crippen LogP contribution in [0.5, 0.6) is 0 Å². The molecule has 0 aliphatic rings. The van der Waals surface area contributed by atoms with Crippen LogP contribution in [-0.4, -0.2) is 23.4 Å². The van der Waals surface area contributed by atoms with E-state index < -0.39 is 0 Å². The van der Waals surface area contributed by atoms with Gasteiger partial charge < -0.3 is 10.6 Å². The van der Waals surface area contributed by atoms with E-state index in [2.05, 4.69) is 45.0 Å². The van der Waals surface area contributed by atoms with Crippen molar-refractivity contribution in [1.82, 2.24) is 4.90 Å². The molecule has 2 N–H and O–H groups in total. The van der Waals surface area contributed by atoms with Gasteiger partial charge >= 0.3 is 0 Å². The van der Waals surface area contributed by atoms with Crippen LogP contribution in [0.4, 0.5) is 0 Å². The summed E-state index contributed by atoms with van der Waals surface area (Å²) in [6.45, 7) is 7.34. The van der Waals surface area contributed by atoms with Gasteiger partial charge in [-0.25, -0.2) is 0 Å². The second-order valence-electron chi connectivity index (χ2n) is 4.80. The first kappa shape index (κ1) is 14.7. The molecule has 3 nitrogen and oxygen atoms in total. The summed E-state index contributed by atoms with van der Waals surface area (Å²) >= 11 is 0. The lowest BCUT2D eigenvalue weighted by Crippen LogP contribution is -2.38. The number of carbonyl (C=O) groups is 1. The number of benzene rings is 1. The van der Waals surface area contributed by atoms with Crippen LogP contribution in [0.2, 0.25) is 0 Å². The third-order valence-corrected chi connectivity index (χ3v) is 3.27. The smallest absolute Gasteiger partial charge is 0.224 e. The average molecular weight is 248 g/mol. The standard InChI is InChI=1S/C15H24N2O/c1-4-13(3)17(15(18)9-10-16)11-14-7-5-12(2)6-8-14/h5-8,13H,4,9-11,16H2,1-3H3. The van der Waals surface area contributed by atoms with Crippen molar-refractivity contribution in [3.63, 3.8) is 0 Å². The second kappa shape index (κ2) is 7.17. The molecule has 1 aromatic rings. The van der Waals surface area contributed by atoms with E-state index in [1.165, 1.54) is 11.1 Å². The zero-order valence-electron chi connectivity index (χ0n) is 11.6. The van der Waals surface area contributed by atoms with Crippen molar-refractivity contribution in [3.8, 4) is 0 Å². The van der Waals surface area contributed by atoms with Gasteiger partial charge in [0.25, 0.3) is 0 Å². The highest BCUT2D eigenvalue weighted by molar-refractivity contribution is 5.76. The van der Waals surface area contributed by atoms with E-state index in [9.17, 15) is 4.79 Å². The lowest BCUT2D eigenvalue weighted by Gasteiger charge is -2.28. The fourth-order valence-electron chi connectivity index (χ4n) is 1.87. The molecule has 1 rings (SSSR count). The molecule has 0 saturated heterocycles. The largest absolute Gasteiger partial charge is 0.336 e. The van der Waals surface area contributed by atoms with Crippen LogP contribution < -0.4 is 5.73 Å². The van der Waals surface area contributed by atoms with Crippen LogP contribution in [0.3, 0.4) is 0 Å². The number of rotatable bonds is 6. The Morgan fingerprint density at radius 3 is 2.44 bits per heavy atom. The molecule has 0 heterocycles. The molecule has 3 heteroatoms. The topological polar surface area (TPSA) is 46.3 Å². The molecular formula is C15H24N2O. The van der Waals surface area contributed by atoms with Crippen molar-refractivity contribution in [3.05, 3.63) is 35.4 Å². The Bertz CT molecular complexity index is 373. The van der Waals surface area contributed by atoms with E-state index in [0.717, 1.165) is 6.42 Å². The van der Waals surface area contributed by atoms with E-state index in [4.69, 9.17) is 5.73 Å². The maximum atomic E-state index is 12.1. The van der Waals surface area contributed by atoms with Gasteiger partial charge in [-0.1, -0.05) is 36.8 Å². The summed E-state index contributed by atoms with van der Waals surface area (Å²) in [4.78, 5) is 14.0. The van der Waals surface area contributed by atoms with Crippen molar-refractivity contribution >= 4 is 5.91 Å². The Hall–Kier alpha value is -1.35. The molecule has 1 amide bonds. The Morgan fingerprint density at radius 2 is 1.94 bits per heavy atom. The first-order chi connectivity index (χ1) is 8.58. The number of aryl methyl sites for hydroxylation is 1. The summed E-state index contributed by atoms with van der Waals surface area (Å²) in [5, 5.41) is 0. The molecule has 0 aliphatic heterocycles. The SMILES string of the molecule is CCC(C)N(Cc1ccc(C)cc1)C(=O)CCN. The fraction of sp³-hybridized carbons (Fsp3) is 0.533. The van der Waals surface area contributed by atoms with E-state index in [0.29, 0.717) is 19.5 Å². The van der Waals surface area contributed by atoms with Crippen LogP contribution in [0.25, 0.3) is 0 Å². The van der Waals surface area contributed by atoms with Crippen LogP contribution >= 0.6 is 0 Å². The highest BCUT2D eigenvalue weighted by atomic mass is 16.2. The van der Waals surface area contributed by atoms with Gasteiger partial charge in [-0.15, -0.1) is 0 Å². The minimum Gasteiger partial charge on any atom is -0.336 e. The Morgan fingerprint density at radius 1 is 1.33 bits per heavy atom. The summed E-state index contributed by atoms with van der Waals surface area (Å²) in [5.74, 6) is 0.146. The first-order valence-corrected chi connectivity index (χ1v) is 6.63. The van der Waals surface area contributed by atoms with Gasteiger partial charge in [0.1, 0.15) is 0 Å². The Balaban J connectivity index is 2.77. The zero-order chi connectivity index (χ0) is 13.5. The lowest BCUT2D eigenvalue weighted by molar-refractivity contribution is -0.133. The zero-order valence-corrected chi connectivity index (χ0v) is 11.6. The molecule has 0 fully saturated rings. The number of carbonyl (C=O) groups excluding carboxylic acids is 1. The molecule has 0 aromatic heterocycles. The van der Waals surface area contributed by atoms with E-state index in [1.54, 1.807) is 0 Å². The lowest BCUT2D eigenvalue weighted by atomic mass is 10.1. The summed E-state index contributed by atoms with van der Waals surface area (Å²) in [7, 11) is 0. The molecular weight excluding hydrogens is 224 g/mol. The van der Waals surface area contributed by atoms with Crippen molar-refractivity contribution in [1.29, 1.82) is 0 Å². The third kappa shape index (κ3) is 4.15. The van der Waals surface area contributed by atoms with Crippen LogP contribution in [0.15, 0.2) is 24.3 Å². The molecule has 1 unspecified atom stereocenters. The predicted molar refractivity (Wildman–Crippen MR) is 75.2 cm³/mol. The summed E-state index contributed by atoms with van der Waals surface area (Å²) in [5.41, 5.74) is 7.89. The number of nitrogens with two attached hydrogens (primary N) is 1. The van der Waals surface area contributed by atoms with Gasteiger partial charge in [-0.05, 0) is 25.8 Å². The van der Waals surface area contributed by atoms with Gasteiger partial charge in [0.15, 0.2) is 0 Å². The Labute approximate surface area is 110 Å².